The number of rotatable bonds is 9. The summed E-state index contributed by atoms with van der Waals surface area (Å²) in [7, 11) is 0. The Morgan fingerprint density at radius 2 is 1.64 bits per heavy atom. The molecule has 4 aliphatic rings. The van der Waals surface area contributed by atoms with Crippen molar-refractivity contribution in [1.29, 1.82) is 0 Å². The molecule has 0 bridgehead atoms. The van der Waals surface area contributed by atoms with Crippen LogP contribution in [0.4, 0.5) is 5.69 Å². The third kappa shape index (κ3) is 5.25. The average molecular weight is 614 g/mol. The van der Waals surface area contributed by atoms with Crippen LogP contribution in [0.5, 0.6) is 5.75 Å². The van der Waals surface area contributed by atoms with Gasteiger partial charge in [-0.3, -0.25) is 14.4 Å². The highest BCUT2D eigenvalue weighted by Gasteiger charge is 2.75. The minimum atomic E-state index is -1.38. The molecular formula is C36H43N3O6. The fourth-order valence-corrected chi connectivity index (χ4v) is 7.79. The van der Waals surface area contributed by atoms with E-state index in [1.807, 2.05) is 107 Å². The first-order valence-electron chi connectivity index (χ1n) is 16.0. The van der Waals surface area contributed by atoms with Gasteiger partial charge in [0, 0.05) is 25.3 Å². The number of hydrogen-bond acceptors (Lipinski definition) is 6. The van der Waals surface area contributed by atoms with Gasteiger partial charge in [0.25, 0.3) is 0 Å². The summed E-state index contributed by atoms with van der Waals surface area (Å²) in [5.41, 5.74) is -0.859. The number of ether oxygens (including phenoxy) is 2. The van der Waals surface area contributed by atoms with Gasteiger partial charge in [-0.15, -0.1) is 0 Å². The van der Waals surface area contributed by atoms with Crippen LogP contribution in [0.2, 0.25) is 0 Å². The van der Waals surface area contributed by atoms with Gasteiger partial charge < -0.3 is 29.3 Å². The summed E-state index contributed by atoms with van der Waals surface area (Å²) in [5, 5.41) is 10.6. The van der Waals surface area contributed by atoms with E-state index in [4.69, 9.17) is 9.47 Å². The van der Waals surface area contributed by atoms with Crippen molar-refractivity contribution in [2.24, 2.45) is 17.8 Å². The second kappa shape index (κ2) is 12.1. The number of anilines is 1. The monoisotopic (exact) mass is 613 g/mol. The predicted molar refractivity (Wildman–Crippen MR) is 170 cm³/mol. The van der Waals surface area contributed by atoms with Crippen molar-refractivity contribution in [2.75, 3.05) is 31.2 Å². The first-order valence-corrected chi connectivity index (χ1v) is 16.0. The van der Waals surface area contributed by atoms with E-state index >= 15 is 0 Å². The van der Waals surface area contributed by atoms with E-state index in [1.165, 1.54) is 0 Å². The molecule has 2 fully saturated rings. The summed E-state index contributed by atoms with van der Waals surface area (Å²) in [4.78, 5) is 49.1. The van der Waals surface area contributed by atoms with Crippen LogP contribution in [-0.4, -0.2) is 82.2 Å². The Morgan fingerprint density at radius 3 is 2.31 bits per heavy atom. The Balaban J connectivity index is 1.43. The lowest BCUT2D eigenvalue weighted by Gasteiger charge is -2.40. The number of carbonyl (C=O) groups excluding carboxylic acids is 3. The molecule has 4 aliphatic heterocycles. The summed E-state index contributed by atoms with van der Waals surface area (Å²) >= 11 is 0. The molecule has 9 nitrogen and oxygen atoms in total. The summed E-state index contributed by atoms with van der Waals surface area (Å²) in [5.74, 6) is -1.79. The number of nitrogens with zero attached hydrogens (tertiary/aromatic N) is 3. The molecular weight excluding hydrogens is 570 g/mol. The van der Waals surface area contributed by atoms with E-state index in [0.29, 0.717) is 44.1 Å². The van der Waals surface area contributed by atoms with Gasteiger partial charge in [0.15, 0.2) is 0 Å². The fourth-order valence-electron chi connectivity index (χ4n) is 7.79. The summed E-state index contributed by atoms with van der Waals surface area (Å²) in [6.07, 6.45) is 8.05. The molecule has 0 radical (unpaired) electrons. The number of hydrogen-bond donors (Lipinski definition) is 1. The molecule has 6 rings (SSSR count). The van der Waals surface area contributed by atoms with E-state index in [-0.39, 0.29) is 30.2 Å². The third-order valence-electron chi connectivity index (χ3n) is 9.60. The van der Waals surface area contributed by atoms with Crippen LogP contribution in [0.3, 0.4) is 0 Å². The maximum absolute atomic E-state index is 14.8. The van der Waals surface area contributed by atoms with Gasteiger partial charge >= 0.3 is 0 Å². The smallest absolute Gasteiger partial charge is 0.249 e. The predicted octanol–water partition coefficient (Wildman–Crippen LogP) is 3.96. The van der Waals surface area contributed by atoms with E-state index in [2.05, 4.69) is 0 Å². The average Bonchev–Trinajstić information content (AvgIpc) is 3.30. The minimum Gasteiger partial charge on any atom is -0.494 e. The van der Waals surface area contributed by atoms with Gasteiger partial charge in [0.2, 0.25) is 17.7 Å². The number of aliphatic hydroxyl groups is 1. The molecule has 2 saturated heterocycles. The Bertz CT molecular complexity index is 1490. The molecule has 0 saturated carbocycles. The van der Waals surface area contributed by atoms with E-state index in [1.54, 1.807) is 14.7 Å². The number of amides is 3. The van der Waals surface area contributed by atoms with Gasteiger partial charge in [0.05, 0.1) is 36.7 Å². The largest absolute Gasteiger partial charge is 0.494 e. The second-order valence-corrected chi connectivity index (χ2v) is 13.1. The number of fused-ring (bicyclic) bond motifs is 2. The van der Waals surface area contributed by atoms with Gasteiger partial charge in [0.1, 0.15) is 17.4 Å². The summed E-state index contributed by atoms with van der Waals surface area (Å²) < 4.78 is 12.6. The van der Waals surface area contributed by atoms with E-state index in [9.17, 15) is 19.5 Å². The summed E-state index contributed by atoms with van der Waals surface area (Å²) in [6.45, 7) is 9.06. The fraction of sp³-hybridized carbons (Fsp3) is 0.472. The first kappa shape index (κ1) is 31.0. The Kier molecular flexibility index (Phi) is 8.35. The molecule has 3 amide bonds. The van der Waals surface area contributed by atoms with Crippen LogP contribution in [0.15, 0.2) is 78.9 Å². The van der Waals surface area contributed by atoms with Crippen molar-refractivity contribution in [3.63, 3.8) is 0 Å². The second-order valence-electron chi connectivity index (χ2n) is 13.1. The topological polar surface area (TPSA) is 99.6 Å². The molecule has 9 heteroatoms. The highest BCUT2D eigenvalue weighted by molar-refractivity contribution is 6.04. The van der Waals surface area contributed by atoms with Crippen LogP contribution in [0.1, 0.15) is 39.7 Å². The first-order chi connectivity index (χ1) is 21.6. The van der Waals surface area contributed by atoms with Crippen LogP contribution < -0.4 is 9.64 Å². The maximum Gasteiger partial charge on any atom is 0.249 e. The van der Waals surface area contributed by atoms with Crippen molar-refractivity contribution in [3.8, 4) is 5.75 Å². The van der Waals surface area contributed by atoms with E-state index in [0.717, 1.165) is 5.56 Å². The van der Waals surface area contributed by atoms with Gasteiger partial charge in [-0.2, -0.15) is 0 Å². The van der Waals surface area contributed by atoms with Crippen LogP contribution >= 0.6 is 0 Å². The lowest BCUT2D eigenvalue weighted by atomic mass is 9.74. The zero-order valence-electron chi connectivity index (χ0n) is 26.5. The Labute approximate surface area is 265 Å². The van der Waals surface area contributed by atoms with Gasteiger partial charge in [-0.25, -0.2) is 0 Å². The Hall–Kier alpha value is -3.95. The molecule has 0 aliphatic carbocycles. The number of likely N-dealkylation sites (tertiary alicyclic amines) is 1. The molecule has 2 aromatic rings. The van der Waals surface area contributed by atoms with Crippen molar-refractivity contribution in [2.45, 2.75) is 63.9 Å². The molecule has 45 heavy (non-hydrogen) atoms. The molecule has 1 N–H and O–H groups in total. The van der Waals surface area contributed by atoms with Crippen LogP contribution in [0, 0.1) is 17.8 Å². The molecule has 1 spiro atoms. The number of benzene rings is 2. The highest BCUT2D eigenvalue weighted by atomic mass is 16.5. The zero-order chi connectivity index (χ0) is 31.9. The van der Waals surface area contributed by atoms with Gasteiger partial charge in [-0.1, -0.05) is 68.5 Å². The number of aliphatic hydroxyl groups excluding tert-OH is 1. The number of carbonyl (C=O) groups is 3. The molecule has 0 aromatic heterocycles. The van der Waals surface area contributed by atoms with Crippen molar-refractivity contribution >= 4 is 23.4 Å². The Morgan fingerprint density at radius 1 is 0.933 bits per heavy atom. The lowest BCUT2D eigenvalue weighted by Crippen LogP contribution is -2.58. The highest BCUT2D eigenvalue weighted by Crippen LogP contribution is 2.58. The lowest BCUT2D eigenvalue weighted by molar-refractivity contribution is -0.155. The normalized spacial score (nSPS) is 29.9. The molecule has 2 aromatic carbocycles. The van der Waals surface area contributed by atoms with Crippen molar-refractivity contribution < 1.29 is 29.0 Å². The van der Waals surface area contributed by atoms with Crippen LogP contribution in [0.25, 0.3) is 0 Å². The molecule has 238 valence electrons. The van der Waals surface area contributed by atoms with Crippen LogP contribution in [-0.2, 0) is 25.7 Å². The molecule has 4 heterocycles. The van der Waals surface area contributed by atoms with Crippen molar-refractivity contribution in [3.05, 3.63) is 84.5 Å². The quantitative estimate of drug-likeness (QED) is 0.430. The minimum absolute atomic E-state index is 0.159. The SMILES string of the molecule is CCOc1ccc(N2CC=C[C@]3(C)O[C@]45C=CCN(Cc6ccccc6)C(=O)C4N([C@@H](CO)CC(C)C)C(=O)[C@@H]5[C@@H]3C2=O)cc1. The molecule has 1 unspecified atom stereocenters. The third-order valence-corrected chi connectivity index (χ3v) is 9.60. The van der Waals surface area contributed by atoms with Crippen molar-refractivity contribution in [1.82, 2.24) is 9.80 Å². The van der Waals surface area contributed by atoms with Gasteiger partial charge in [-0.05, 0) is 56.0 Å². The summed E-state index contributed by atoms with van der Waals surface area (Å²) in [6, 6.07) is 15.5. The maximum atomic E-state index is 14.8. The standard InChI is InChI=1S/C36H43N3O6/c1-5-44-28-15-13-26(14-16-28)38-20-9-17-35(4)29(32(38)41)30-33(42)39(27(23-40)21-24(2)3)31-34(43)37(19-10-18-36(30,31)45-35)22-25-11-7-6-8-12-25/h6-18,24,27,29-31,40H,5,19-23H2,1-4H3/t27-,29-,30+,31?,35+,36+/m1/s1. The van der Waals surface area contributed by atoms with E-state index < -0.39 is 35.1 Å². The molecule has 6 atom stereocenters. The zero-order valence-corrected chi connectivity index (χ0v) is 26.5.